The van der Waals surface area contributed by atoms with Gasteiger partial charge in [0.2, 0.25) is 0 Å². The van der Waals surface area contributed by atoms with Crippen molar-refractivity contribution < 1.29 is 14.6 Å². The summed E-state index contributed by atoms with van der Waals surface area (Å²) in [7, 11) is 0. The number of aromatic nitrogens is 2. The smallest absolute Gasteiger partial charge is 0.356 e. The summed E-state index contributed by atoms with van der Waals surface area (Å²) in [5, 5.41) is 13.2. The van der Waals surface area contributed by atoms with Gasteiger partial charge in [-0.2, -0.15) is 5.10 Å². The minimum Gasteiger partial charge on any atom is -0.476 e. The molecule has 1 aromatic rings. The Kier molecular flexibility index (Phi) is 2.26. The van der Waals surface area contributed by atoms with Crippen LogP contribution >= 0.6 is 0 Å². The van der Waals surface area contributed by atoms with Crippen molar-refractivity contribution >= 4 is 5.97 Å². The minimum absolute atomic E-state index is 0.152. The molecular weight excluding hydrogens is 220 g/mol. The lowest BCUT2D eigenvalue weighted by molar-refractivity contribution is 0.0689. The molecule has 2 aliphatic rings. The summed E-state index contributed by atoms with van der Waals surface area (Å²) in [5.74, 6) is 0.649. The molecule has 2 heterocycles. The van der Waals surface area contributed by atoms with Gasteiger partial charge in [-0.25, -0.2) is 4.79 Å². The van der Waals surface area contributed by atoms with E-state index in [1.165, 1.54) is 0 Å². The second kappa shape index (κ2) is 3.57. The predicted molar refractivity (Wildman–Crippen MR) is 60.1 cm³/mol. The molecule has 17 heavy (non-hydrogen) atoms. The molecule has 1 aromatic heterocycles. The summed E-state index contributed by atoms with van der Waals surface area (Å²) in [6, 6.07) is 1.92. The van der Waals surface area contributed by atoms with Crippen LogP contribution < -0.4 is 0 Å². The molecule has 0 aromatic carbocycles. The van der Waals surface area contributed by atoms with Crippen molar-refractivity contribution in [2.24, 2.45) is 11.8 Å². The predicted octanol–water partition coefficient (Wildman–Crippen LogP) is 1.52. The maximum atomic E-state index is 11.0. The highest BCUT2D eigenvalue weighted by atomic mass is 16.5. The highest BCUT2D eigenvalue weighted by Gasteiger charge is 2.56. The highest BCUT2D eigenvalue weighted by molar-refractivity contribution is 5.85. The van der Waals surface area contributed by atoms with E-state index in [1.54, 1.807) is 6.07 Å². The molecule has 1 aliphatic carbocycles. The third-order valence-electron chi connectivity index (χ3n) is 3.77. The fourth-order valence-corrected chi connectivity index (χ4v) is 2.85. The molecule has 1 N–H and O–H groups in total. The third-order valence-corrected chi connectivity index (χ3v) is 3.77. The van der Waals surface area contributed by atoms with Gasteiger partial charge < -0.3 is 9.84 Å². The van der Waals surface area contributed by atoms with Crippen LogP contribution in [-0.4, -0.2) is 34.1 Å². The summed E-state index contributed by atoms with van der Waals surface area (Å²) in [5.41, 5.74) is 1.22. The van der Waals surface area contributed by atoms with Crippen LogP contribution in [0.1, 0.15) is 42.0 Å². The Morgan fingerprint density at radius 2 is 2.18 bits per heavy atom. The molecule has 0 spiro atoms. The van der Waals surface area contributed by atoms with Gasteiger partial charge in [0.25, 0.3) is 0 Å². The number of carboxylic acids is 1. The molecule has 0 amide bonds. The number of ether oxygens (including phenoxy) is 1. The lowest BCUT2D eigenvalue weighted by atomic mass is 10.2. The number of nitrogens with zero attached hydrogens (tertiary/aromatic N) is 2. The molecule has 2 fully saturated rings. The molecule has 0 radical (unpaired) electrons. The first-order valence-electron chi connectivity index (χ1n) is 6.00. The largest absolute Gasteiger partial charge is 0.476 e. The number of hydrogen-bond donors (Lipinski definition) is 1. The fraction of sp³-hybridized carbons (Fsp3) is 0.667. The first-order chi connectivity index (χ1) is 8.09. The van der Waals surface area contributed by atoms with Crippen LogP contribution in [0.25, 0.3) is 0 Å². The molecule has 0 unspecified atom stereocenters. The fourth-order valence-electron chi connectivity index (χ4n) is 2.85. The maximum Gasteiger partial charge on any atom is 0.356 e. The Bertz CT molecular complexity index is 456. The molecule has 5 nitrogen and oxygen atoms in total. The summed E-state index contributed by atoms with van der Waals surface area (Å²) in [6.07, 6.45) is 0. The molecule has 92 valence electrons. The van der Waals surface area contributed by atoms with Crippen LogP contribution in [0.3, 0.4) is 0 Å². The monoisotopic (exact) mass is 236 g/mol. The SMILES string of the molecule is CC(C)n1nc(C(=O)O)cc1[C@H]1[C@@H]2COC[C@@H]21. The maximum absolute atomic E-state index is 11.0. The van der Waals surface area contributed by atoms with E-state index in [9.17, 15) is 4.79 Å². The van der Waals surface area contributed by atoms with Crippen molar-refractivity contribution in [3.05, 3.63) is 17.5 Å². The summed E-state index contributed by atoms with van der Waals surface area (Å²) in [4.78, 5) is 11.0. The number of fused-ring (bicyclic) bond motifs is 1. The van der Waals surface area contributed by atoms with Crippen LogP contribution in [0.15, 0.2) is 6.07 Å². The van der Waals surface area contributed by atoms with E-state index in [-0.39, 0.29) is 11.7 Å². The van der Waals surface area contributed by atoms with E-state index in [2.05, 4.69) is 5.10 Å². The van der Waals surface area contributed by atoms with E-state index < -0.39 is 5.97 Å². The zero-order valence-electron chi connectivity index (χ0n) is 9.96. The van der Waals surface area contributed by atoms with E-state index in [0.717, 1.165) is 18.9 Å². The average Bonchev–Trinajstić information content (AvgIpc) is 2.73. The lowest BCUT2D eigenvalue weighted by Gasteiger charge is -2.11. The number of aromatic carboxylic acids is 1. The van der Waals surface area contributed by atoms with E-state index in [1.807, 2.05) is 18.5 Å². The summed E-state index contributed by atoms with van der Waals surface area (Å²) < 4.78 is 7.22. The van der Waals surface area contributed by atoms with Gasteiger partial charge in [0.05, 0.1) is 13.2 Å². The lowest BCUT2D eigenvalue weighted by Crippen LogP contribution is -2.10. The van der Waals surface area contributed by atoms with Crippen molar-refractivity contribution in [2.75, 3.05) is 13.2 Å². The minimum atomic E-state index is -0.951. The van der Waals surface area contributed by atoms with E-state index in [4.69, 9.17) is 9.84 Å². The van der Waals surface area contributed by atoms with Gasteiger partial charge in [-0.1, -0.05) is 0 Å². The zero-order chi connectivity index (χ0) is 12.2. The second-order valence-corrected chi connectivity index (χ2v) is 5.19. The van der Waals surface area contributed by atoms with E-state index in [0.29, 0.717) is 17.8 Å². The molecule has 1 saturated heterocycles. The molecule has 3 atom stereocenters. The standard InChI is InChI=1S/C12H16N2O3/c1-6(2)14-10(3-9(13-14)12(15)16)11-7-4-17-5-8(7)11/h3,6-8,11H,4-5H2,1-2H3,(H,15,16)/t7-,8+,11+. The Hall–Kier alpha value is -1.36. The third kappa shape index (κ3) is 1.57. The first kappa shape index (κ1) is 10.8. The van der Waals surface area contributed by atoms with Crippen LogP contribution in [0.4, 0.5) is 0 Å². The number of hydrogen-bond acceptors (Lipinski definition) is 3. The van der Waals surface area contributed by atoms with Crippen molar-refractivity contribution in [3.63, 3.8) is 0 Å². The van der Waals surface area contributed by atoms with Gasteiger partial charge in [0.1, 0.15) is 0 Å². The van der Waals surface area contributed by atoms with Crippen molar-refractivity contribution in [1.29, 1.82) is 0 Å². The summed E-state index contributed by atoms with van der Waals surface area (Å²) in [6.45, 7) is 5.66. The normalized spacial score (nSPS) is 30.6. The van der Waals surface area contributed by atoms with Crippen LogP contribution in [-0.2, 0) is 4.74 Å². The average molecular weight is 236 g/mol. The van der Waals surface area contributed by atoms with Crippen molar-refractivity contribution in [3.8, 4) is 0 Å². The van der Waals surface area contributed by atoms with Crippen molar-refractivity contribution in [2.45, 2.75) is 25.8 Å². The number of rotatable bonds is 3. The molecule has 5 heteroatoms. The van der Waals surface area contributed by atoms with E-state index >= 15 is 0 Å². The van der Waals surface area contributed by atoms with Gasteiger partial charge in [-0.15, -0.1) is 0 Å². The summed E-state index contributed by atoms with van der Waals surface area (Å²) >= 11 is 0. The van der Waals surface area contributed by atoms with Crippen LogP contribution in [0.2, 0.25) is 0 Å². The van der Waals surface area contributed by atoms with Crippen LogP contribution in [0, 0.1) is 11.8 Å². The van der Waals surface area contributed by atoms with Gasteiger partial charge in [-0.3, -0.25) is 4.68 Å². The van der Waals surface area contributed by atoms with Gasteiger partial charge in [0, 0.05) is 17.7 Å². The Morgan fingerprint density at radius 3 is 2.71 bits per heavy atom. The molecule has 3 rings (SSSR count). The Morgan fingerprint density at radius 1 is 1.53 bits per heavy atom. The number of carboxylic acid groups (broad SMARTS) is 1. The topological polar surface area (TPSA) is 64.4 Å². The van der Waals surface area contributed by atoms with Gasteiger partial charge in [0.15, 0.2) is 5.69 Å². The molecule has 0 bridgehead atoms. The van der Waals surface area contributed by atoms with Crippen molar-refractivity contribution in [1.82, 2.24) is 9.78 Å². The Labute approximate surface area is 99.4 Å². The van der Waals surface area contributed by atoms with Gasteiger partial charge in [-0.05, 0) is 31.7 Å². The number of carbonyl (C=O) groups is 1. The second-order valence-electron chi connectivity index (χ2n) is 5.19. The molecular formula is C12H16N2O3. The van der Waals surface area contributed by atoms with Crippen LogP contribution in [0.5, 0.6) is 0 Å². The molecule has 1 saturated carbocycles. The first-order valence-corrected chi connectivity index (χ1v) is 6.00. The zero-order valence-corrected chi connectivity index (χ0v) is 9.96. The quantitative estimate of drug-likeness (QED) is 0.864. The molecule has 1 aliphatic heterocycles. The van der Waals surface area contributed by atoms with Gasteiger partial charge >= 0.3 is 5.97 Å². The highest BCUT2D eigenvalue weighted by Crippen LogP contribution is 2.57. The Balaban J connectivity index is 1.95.